The predicted octanol–water partition coefficient (Wildman–Crippen LogP) is 2.40. The Labute approximate surface area is 146 Å². The van der Waals surface area contributed by atoms with Gasteiger partial charge in [0.05, 0.1) is 0 Å². The molecule has 3 aromatic rings. The number of rotatable bonds is 5. The van der Waals surface area contributed by atoms with Gasteiger partial charge in [0.2, 0.25) is 5.91 Å². The molecule has 5 heteroatoms. The molecule has 4 rings (SSSR count). The van der Waals surface area contributed by atoms with Crippen LogP contribution in [0.25, 0.3) is 10.9 Å². The van der Waals surface area contributed by atoms with E-state index >= 15 is 0 Å². The van der Waals surface area contributed by atoms with Gasteiger partial charge in [-0.2, -0.15) is 0 Å². The maximum Gasteiger partial charge on any atom is 0.249 e. The van der Waals surface area contributed by atoms with Crippen LogP contribution in [-0.2, 0) is 17.6 Å². The van der Waals surface area contributed by atoms with E-state index in [4.69, 9.17) is 0 Å². The van der Waals surface area contributed by atoms with E-state index in [1.807, 2.05) is 48.7 Å². The number of benzene rings is 2. The Kier molecular flexibility index (Phi) is 4.21. The van der Waals surface area contributed by atoms with Crippen LogP contribution in [0.1, 0.15) is 11.1 Å². The van der Waals surface area contributed by atoms with Gasteiger partial charge in [0, 0.05) is 30.1 Å². The van der Waals surface area contributed by atoms with Gasteiger partial charge in [-0.15, -0.1) is 0 Å². The van der Waals surface area contributed by atoms with Crippen LogP contribution in [0.4, 0.5) is 0 Å². The number of aromatic nitrogens is 1. The maximum atomic E-state index is 12.1. The molecule has 1 amide bonds. The van der Waals surface area contributed by atoms with Gasteiger partial charge < -0.3 is 10.3 Å². The van der Waals surface area contributed by atoms with Crippen molar-refractivity contribution in [3.05, 3.63) is 71.9 Å². The molecule has 1 aliphatic rings. The van der Waals surface area contributed by atoms with Crippen molar-refractivity contribution in [2.24, 2.45) is 4.99 Å². The van der Waals surface area contributed by atoms with Gasteiger partial charge >= 0.3 is 0 Å². The number of aromatic amines is 1. The lowest BCUT2D eigenvalue weighted by Gasteiger charge is -2.07. The van der Waals surface area contributed by atoms with E-state index in [1.165, 1.54) is 10.9 Å². The van der Waals surface area contributed by atoms with Crippen molar-refractivity contribution in [1.82, 2.24) is 15.6 Å². The average molecular weight is 332 g/mol. The largest absolute Gasteiger partial charge is 0.361 e. The first kappa shape index (κ1) is 15.4. The summed E-state index contributed by atoms with van der Waals surface area (Å²) < 4.78 is 0. The van der Waals surface area contributed by atoms with Crippen molar-refractivity contribution in [1.29, 1.82) is 0 Å². The van der Waals surface area contributed by atoms with Crippen LogP contribution in [0, 0.1) is 0 Å². The van der Waals surface area contributed by atoms with E-state index < -0.39 is 0 Å². The summed E-state index contributed by atoms with van der Waals surface area (Å²) >= 11 is 0. The topological polar surface area (TPSA) is 69.3 Å². The SMILES string of the molecule is O=C1NC(=NCCc2c[nH]c3ccccc23)NC1Cc1ccccc1. The predicted molar refractivity (Wildman–Crippen MR) is 99.5 cm³/mol. The van der Waals surface area contributed by atoms with Gasteiger partial charge in [-0.25, -0.2) is 0 Å². The highest BCUT2D eigenvalue weighted by Crippen LogP contribution is 2.18. The van der Waals surface area contributed by atoms with Crippen molar-refractivity contribution in [2.75, 3.05) is 6.54 Å². The van der Waals surface area contributed by atoms with E-state index in [1.54, 1.807) is 0 Å². The second-order valence-corrected chi connectivity index (χ2v) is 6.22. The first-order valence-electron chi connectivity index (χ1n) is 8.50. The van der Waals surface area contributed by atoms with Crippen LogP contribution in [0.3, 0.4) is 0 Å². The van der Waals surface area contributed by atoms with Gasteiger partial charge in [-0.3, -0.25) is 15.1 Å². The molecule has 0 radical (unpaired) electrons. The number of para-hydroxylation sites is 1. The molecule has 25 heavy (non-hydrogen) atoms. The summed E-state index contributed by atoms with van der Waals surface area (Å²) in [7, 11) is 0. The van der Waals surface area contributed by atoms with E-state index in [-0.39, 0.29) is 11.9 Å². The van der Waals surface area contributed by atoms with Crippen LogP contribution in [0.5, 0.6) is 0 Å². The number of nitrogens with zero attached hydrogens (tertiary/aromatic N) is 1. The number of amides is 1. The van der Waals surface area contributed by atoms with Crippen molar-refractivity contribution in [2.45, 2.75) is 18.9 Å². The number of aliphatic imine (C=N–C) groups is 1. The third kappa shape index (κ3) is 3.40. The summed E-state index contributed by atoms with van der Waals surface area (Å²) in [6.07, 6.45) is 3.52. The molecule has 1 atom stereocenters. The molecule has 126 valence electrons. The van der Waals surface area contributed by atoms with Gasteiger partial charge in [0.15, 0.2) is 5.96 Å². The highest BCUT2D eigenvalue weighted by molar-refractivity contribution is 6.06. The second-order valence-electron chi connectivity index (χ2n) is 6.22. The van der Waals surface area contributed by atoms with Crippen molar-refractivity contribution in [3.63, 3.8) is 0 Å². The third-order valence-electron chi connectivity index (χ3n) is 4.48. The lowest BCUT2D eigenvalue weighted by molar-refractivity contribution is -0.120. The Hall–Kier alpha value is -3.08. The molecule has 1 aromatic heterocycles. The quantitative estimate of drug-likeness (QED) is 0.671. The van der Waals surface area contributed by atoms with Crippen molar-refractivity contribution in [3.8, 4) is 0 Å². The van der Waals surface area contributed by atoms with Gasteiger partial charge in [-0.05, 0) is 23.6 Å². The van der Waals surface area contributed by atoms with Crippen LogP contribution < -0.4 is 10.6 Å². The Morgan fingerprint density at radius 3 is 2.68 bits per heavy atom. The molecule has 5 nitrogen and oxygen atoms in total. The molecule has 3 N–H and O–H groups in total. The molecular weight excluding hydrogens is 312 g/mol. The molecule has 1 aliphatic heterocycles. The zero-order chi connectivity index (χ0) is 17.1. The molecule has 2 aromatic carbocycles. The smallest absolute Gasteiger partial charge is 0.249 e. The molecule has 0 bridgehead atoms. The number of carbonyl (C=O) groups excluding carboxylic acids is 1. The van der Waals surface area contributed by atoms with E-state index in [2.05, 4.69) is 32.7 Å². The monoisotopic (exact) mass is 332 g/mol. The standard InChI is InChI=1S/C20H20N4O/c25-19-18(12-14-6-2-1-3-7-14)23-20(24-19)21-11-10-15-13-22-17-9-5-4-8-16(15)17/h1-9,13,18,22H,10-12H2,(H2,21,23,24,25). The Morgan fingerprint density at radius 1 is 1.00 bits per heavy atom. The highest BCUT2D eigenvalue weighted by Gasteiger charge is 2.27. The number of guanidine groups is 1. The minimum absolute atomic E-state index is 0.0188. The van der Waals surface area contributed by atoms with Gasteiger partial charge in [0.25, 0.3) is 0 Å². The molecule has 0 aliphatic carbocycles. The van der Waals surface area contributed by atoms with Crippen LogP contribution in [0.2, 0.25) is 0 Å². The number of nitrogens with one attached hydrogen (secondary N) is 3. The van der Waals surface area contributed by atoms with Crippen molar-refractivity contribution >= 4 is 22.8 Å². The number of hydrogen-bond acceptors (Lipinski definition) is 2. The zero-order valence-electron chi connectivity index (χ0n) is 13.8. The average Bonchev–Trinajstić information content (AvgIpc) is 3.20. The molecule has 1 unspecified atom stereocenters. The molecular formula is C20H20N4O. The Morgan fingerprint density at radius 2 is 1.80 bits per heavy atom. The fraction of sp³-hybridized carbons (Fsp3) is 0.200. The molecule has 0 spiro atoms. The van der Waals surface area contributed by atoms with Crippen molar-refractivity contribution < 1.29 is 4.79 Å². The summed E-state index contributed by atoms with van der Waals surface area (Å²) in [5.74, 6) is 0.556. The van der Waals surface area contributed by atoms with Gasteiger partial charge in [0.1, 0.15) is 6.04 Å². The van der Waals surface area contributed by atoms with Crippen LogP contribution >= 0.6 is 0 Å². The zero-order valence-corrected chi connectivity index (χ0v) is 13.8. The normalized spacial score (nSPS) is 18.5. The van der Waals surface area contributed by atoms with Crippen LogP contribution in [-0.4, -0.2) is 29.4 Å². The summed E-state index contributed by atoms with van der Waals surface area (Å²) in [4.78, 5) is 19.9. The molecule has 2 heterocycles. The lowest BCUT2D eigenvalue weighted by Crippen LogP contribution is -2.31. The third-order valence-corrected chi connectivity index (χ3v) is 4.48. The number of fused-ring (bicyclic) bond motifs is 1. The molecule has 0 saturated carbocycles. The molecule has 1 saturated heterocycles. The minimum Gasteiger partial charge on any atom is -0.361 e. The van der Waals surface area contributed by atoms with E-state index in [0.29, 0.717) is 18.9 Å². The first-order chi connectivity index (χ1) is 12.3. The molecule has 1 fully saturated rings. The minimum atomic E-state index is -0.255. The second kappa shape index (κ2) is 6.81. The number of hydrogen-bond donors (Lipinski definition) is 3. The highest BCUT2D eigenvalue weighted by atomic mass is 16.2. The Balaban J connectivity index is 1.37. The number of H-pyrrole nitrogens is 1. The first-order valence-corrected chi connectivity index (χ1v) is 8.50. The van der Waals surface area contributed by atoms with Crippen LogP contribution in [0.15, 0.2) is 65.8 Å². The Bertz CT molecular complexity index is 914. The summed E-state index contributed by atoms with van der Waals surface area (Å²) in [5.41, 5.74) is 3.51. The summed E-state index contributed by atoms with van der Waals surface area (Å²) in [6, 6.07) is 18.0. The lowest BCUT2D eigenvalue weighted by atomic mass is 10.1. The van der Waals surface area contributed by atoms with E-state index in [0.717, 1.165) is 17.5 Å². The summed E-state index contributed by atoms with van der Waals surface area (Å²) in [5, 5.41) is 7.25. The fourth-order valence-corrected chi connectivity index (χ4v) is 3.18. The van der Waals surface area contributed by atoms with Gasteiger partial charge in [-0.1, -0.05) is 48.5 Å². The number of carbonyl (C=O) groups is 1. The van der Waals surface area contributed by atoms with E-state index in [9.17, 15) is 4.79 Å². The fourth-order valence-electron chi connectivity index (χ4n) is 3.18. The maximum absolute atomic E-state index is 12.1. The summed E-state index contributed by atoms with van der Waals surface area (Å²) in [6.45, 7) is 0.627.